The van der Waals surface area contributed by atoms with Crippen LogP contribution >= 0.6 is 0 Å². The second-order valence-electron chi connectivity index (χ2n) is 7.99. The van der Waals surface area contributed by atoms with E-state index in [9.17, 15) is 0 Å². The molecule has 1 aromatic heterocycles. The van der Waals surface area contributed by atoms with Crippen LogP contribution in [0.5, 0.6) is 0 Å². The van der Waals surface area contributed by atoms with Gasteiger partial charge in [0.1, 0.15) is 5.69 Å². The van der Waals surface area contributed by atoms with E-state index in [0.29, 0.717) is 5.69 Å². The molecule has 158 valence electrons. The normalized spacial score (nSPS) is 15.8. The number of benzene rings is 4. The van der Waals surface area contributed by atoms with Crippen molar-refractivity contribution in [1.82, 2.24) is 4.57 Å². The van der Waals surface area contributed by atoms with E-state index < -0.39 is 19.6 Å². The number of aromatic nitrogens is 2. The molecule has 0 aliphatic heterocycles. The van der Waals surface area contributed by atoms with Crippen LogP contribution in [0.4, 0.5) is 0 Å². The Morgan fingerprint density at radius 1 is 0.812 bits per heavy atom. The summed E-state index contributed by atoms with van der Waals surface area (Å²) < 4.78 is 61.8. The molecule has 1 heterocycles. The van der Waals surface area contributed by atoms with Gasteiger partial charge < -0.3 is 0 Å². The van der Waals surface area contributed by atoms with Crippen molar-refractivity contribution in [3.63, 3.8) is 0 Å². The molecule has 32 heavy (non-hydrogen) atoms. The smallest absolute Gasteiger partial charge is 0.225 e. The standard InChI is InChI=1S/C30H29N2/c1-21(2)25-15-10-11-17-27(25)32-28-19-18-24(23-13-6-5-7-14-23)20-29(28)31(4)30(32)26-16-9-8-12-22(26)3/h5-21H,1-4H3/q+1/i1D3,2D3,21D. The minimum absolute atomic E-state index is 0.0792. The first-order valence-electron chi connectivity index (χ1n) is 14.1. The quantitative estimate of drug-likeness (QED) is 0.269. The Morgan fingerprint density at radius 2 is 1.53 bits per heavy atom. The van der Waals surface area contributed by atoms with E-state index in [1.165, 1.54) is 6.07 Å². The van der Waals surface area contributed by atoms with Gasteiger partial charge in [0.05, 0.1) is 12.6 Å². The summed E-state index contributed by atoms with van der Waals surface area (Å²) in [6, 6.07) is 30.4. The van der Waals surface area contributed by atoms with E-state index >= 15 is 0 Å². The number of imidazole rings is 1. The molecule has 0 radical (unpaired) electrons. The summed E-state index contributed by atoms with van der Waals surface area (Å²) in [7, 11) is 1.94. The number of nitrogens with zero attached hydrogens (tertiary/aromatic N) is 2. The first-order valence-corrected chi connectivity index (χ1v) is 10.6. The van der Waals surface area contributed by atoms with Crippen LogP contribution in [0.1, 0.15) is 40.3 Å². The molecule has 2 nitrogen and oxygen atoms in total. The third kappa shape index (κ3) is 3.33. The van der Waals surface area contributed by atoms with Crippen molar-refractivity contribution in [1.29, 1.82) is 0 Å². The van der Waals surface area contributed by atoms with Crippen LogP contribution in [0, 0.1) is 6.92 Å². The van der Waals surface area contributed by atoms with Crippen molar-refractivity contribution >= 4 is 11.0 Å². The molecule has 0 saturated heterocycles. The summed E-state index contributed by atoms with van der Waals surface area (Å²) in [5.74, 6) is -2.10. The Morgan fingerprint density at radius 3 is 2.31 bits per heavy atom. The Labute approximate surface area is 200 Å². The van der Waals surface area contributed by atoms with Gasteiger partial charge in [0.25, 0.3) is 5.82 Å². The minimum atomic E-state index is -3.11. The molecule has 4 aromatic carbocycles. The van der Waals surface area contributed by atoms with Crippen molar-refractivity contribution in [2.75, 3.05) is 0 Å². The molecule has 0 spiro atoms. The van der Waals surface area contributed by atoms with E-state index in [4.69, 9.17) is 9.60 Å². The predicted octanol–water partition coefficient (Wildman–Crippen LogP) is 7.22. The lowest BCUT2D eigenvalue weighted by Crippen LogP contribution is -2.34. The van der Waals surface area contributed by atoms with Gasteiger partial charge in [-0.15, -0.1) is 0 Å². The highest BCUT2D eigenvalue weighted by Crippen LogP contribution is 2.31. The molecule has 5 aromatic rings. The molecular weight excluding hydrogens is 388 g/mol. The summed E-state index contributed by atoms with van der Waals surface area (Å²) in [6.45, 7) is -4.22. The summed E-state index contributed by atoms with van der Waals surface area (Å²) in [5.41, 5.74) is 5.89. The number of fused-ring (bicyclic) bond motifs is 1. The Hall–Kier alpha value is -3.65. The molecule has 0 aliphatic carbocycles. The molecule has 0 fully saturated rings. The molecule has 5 rings (SSSR count). The third-order valence-electron chi connectivity index (χ3n) is 6.01. The lowest BCUT2D eigenvalue weighted by Gasteiger charge is -2.12. The van der Waals surface area contributed by atoms with Crippen LogP contribution in [-0.4, -0.2) is 4.57 Å². The van der Waals surface area contributed by atoms with Crippen molar-refractivity contribution in [3.8, 4) is 28.2 Å². The summed E-state index contributed by atoms with van der Waals surface area (Å²) in [4.78, 5) is 0. The SMILES string of the molecule is [2H]C([2H])([2H])C([2H])(c1ccccc1-[n+]1c(-c2ccccc2C)n(C)c2cc(-c3ccccc3)ccc21)C([2H])([2H])[2H]. The van der Waals surface area contributed by atoms with Gasteiger partial charge in [0, 0.05) is 15.2 Å². The van der Waals surface area contributed by atoms with Crippen LogP contribution in [0.25, 0.3) is 39.2 Å². The van der Waals surface area contributed by atoms with Gasteiger partial charge in [-0.2, -0.15) is 4.57 Å². The van der Waals surface area contributed by atoms with Crippen LogP contribution in [0.3, 0.4) is 0 Å². The summed E-state index contributed by atoms with van der Waals surface area (Å²) >= 11 is 0. The Kier molecular flexibility index (Phi) is 3.48. The summed E-state index contributed by atoms with van der Waals surface area (Å²) in [6.07, 6.45) is 0. The fraction of sp³-hybridized carbons (Fsp3) is 0.167. The molecule has 0 N–H and O–H groups in total. The van der Waals surface area contributed by atoms with Crippen LogP contribution in [0.15, 0.2) is 97.1 Å². The highest BCUT2D eigenvalue weighted by atomic mass is 15.2. The van der Waals surface area contributed by atoms with Crippen molar-refractivity contribution in [2.45, 2.75) is 26.5 Å². The van der Waals surface area contributed by atoms with Crippen LogP contribution in [-0.2, 0) is 7.05 Å². The topological polar surface area (TPSA) is 8.81 Å². The van der Waals surface area contributed by atoms with E-state index in [2.05, 4.69) is 6.07 Å². The molecule has 2 heteroatoms. The zero-order chi connectivity index (χ0) is 28.2. The van der Waals surface area contributed by atoms with Crippen molar-refractivity contribution in [3.05, 3.63) is 108 Å². The molecule has 0 unspecified atom stereocenters. The minimum Gasteiger partial charge on any atom is -0.225 e. The maximum absolute atomic E-state index is 8.99. The van der Waals surface area contributed by atoms with Gasteiger partial charge >= 0.3 is 0 Å². The molecule has 0 saturated carbocycles. The second kappa shape index (κ2) is 8.12. The first-order chi connectivity index (χ1) is 18.4. The Balaban J connectivity index is 1.91. The maximum atomic E-state index is 8.99. The molecule has 0 bridgehead atoms. The average molecular weight is 425 g/mol. The van der Waals surface area contributed by atoms with Gasteiger partial charge in [0.2, 0.25) is 0 Å². The number of hydrogen-bond acceptors (Lipinski definition) is 0. The number of para-hydroxylation sites is 1. The average Bonchev–Trinajstić information content (AvgIpc) is 3.19. The molecule has 0 aliphatic rings. The fourth-order valence-corrected chi connectivity index (χ4v) is 4.42. The molecule has 0 atom stereocenters. The zero-order valence-corrected chi connectivity index (χ0v) is 18.1. The number of rotatable bonds is 4. The number of aryl methyl sites for hydroxylation is 2. The highest BCUT2D eigenvalue weighted by molar-refractivity contribution is 5.83. The molecular formula is C30H29N2+. The largest absolute Gasteiger partial charge is 0.295 e. The monoisotopic (exact) mass is 424 g/mol. The van der Waals surface area contributed by atoms with E-state index in [-0.39, 0.29) is 5.56 Å². The lowest BCUT2D eigenvalue weighted by molar-refractivity contribution is -0.556. The molecule has 0 amide bonds. The maximum Gasteiger partial charge on any atom is 0.295 e. The van der Waals surface area contributed by atoms with Crippen molar-refractivity contribution < 1.29 is 14.2 Å². The second-order valence-corrected chi connectivity index (χ2v) is 7.99. The fourth-order valence-electron chi connectivity index (χ4n) is 4.42. The predicted molar refractivity (Wildman–Crippen MR) is 134 cm³/mol. The van der Waals surface area contributed by atoms with Crippen molar-refractivity contribution in [2.24, 2.45) is 7.05 Å². The van der Waals surface area contributed by atoms with Gasteiger partial charge in [-0.05, 0) is 59.8 Å². The lowest BCUT2D eigenvalue weighted by atomic mass is 10.0. The van der Waals surface area contributed by atoms with E-state index in [1.807, 2.05) is 89.8 Å². The highest BCUT2D eigenvalue weighted by Gasteiger charge is 2.28. The van der Waals surface area contributed by atoms with E-state index in [0.717, 1.165) is 39.1 Å². The number of hydrogen-bond donors (Lipinski definition) is 0. The van der Waals surface area contributed by atoms with Gasteiger partial charge in [-0.25, -0.2) is 4.57 Å². The third-order valence-corrected chi connectivity index (χ3v) is 6.01. The first kappa shape index (κ1) is 13.7. The van der Waals surface area contributed by atoms with Gasteiger partial charge in [-0.1, -0.05) is 80.4 Å². The van der Waals surface area contributed by atoms with Gasteiger partial charge in [0.15, 0.2) is 11.0 Å². The summed E-state index contributed by atoms with van der Waals surface area (Å²) in [5, 5.41) is 0. The zero-order valence-electron chi connectivity index (χ0n) is 25.1. The van der Waals surface area contributed by atoms with Crippen LogP contribution < -0.4 is 4.57 Å². The Bertz CT molecular complexity index is 1650. The van der Waals surface area contributed by atoms with E-state index in [1.54, 1.807) is 18.2 Å². The van der Waals surface area contributed by atoms with Gasteiger partial charge in [-0.3, -0.25) is 0 Å². The van der Waals surface area contributed by atoms with Crippen LogP contribution in [0.2, 0.25) is 0 Å².